The van der Waals surface area contributed by atoms with E-state index < -0.39 is 0 Å². The highest BCUT2D eigenvalue weighted by molar-refractivity contribution is 5.19. The van der Waals surface area contributed by atoms with Crippen molar-refractivity contribution in [3.63, 3.8) is 0 Å². The lowest BCUT2D eigenvalue weighted by Crippen LogP contribution is -2.39. The van der Waals surface area contributed by atoms with Crippen molar-refractivity contribution in [1.82, 2.24) is 0 Å². The van der Waals surface area contributed by atoms with E-state index in [1.54, 1.807) is 6.42 Å². The van der Waals surface area contributed by atoms with Gasteiger partial charge in [-0.15, -0.1) is 0 Å². The second-order valence-corrected chi connectivity index (χ2v) is 4.94. The number of rotatable bonds is 2. The van der Waals surface area contributed by atoms with Gasteiger partial charge in [-0.1, -0.05) is 34.1 Å². The summed E-state index contributed by atoms with van der Waals surface area (Å²) in [6.45, 7) is 9.63. The van der Waals surface area contributed by atoms with Crippen molar-refractivity contribution in [2.45, 2.75) is 40.5 Å². The molecule has 0 amide bonds. The topological polar surface area (TPSA) is 0 Å². The molecule has 0 radical (unpaired) electrons. The standard InChI is InChI=1S/C11H20/c1-5-9-8(4)11(7(2)3)6-10(9)11/h7-10H,5-6H2,1-4H3. The normalized spacial score (nSPS) is 53.7. The van der Waals surface area contributed by atoms with Gasteiger partial charge in [-0.3, -0.25) is 0 Å². The van der Waals surface area contributed by atoms with Gasteiger partial charge in [0.1, 0.15) is 0 Å². The second-order valence-electron chi connectivity index (χ2n) is 4.94. The van der Waals surface area contributed by atoms with Gasteiger partial charge in [0.25, 0.3) is 0 Å². The van der Waals surface area contributed by atoms with Crippen LogP contribution in [0.4, 0.5) is 0 Å². The minimum atomic E-state index is 0.820. The van der Waals surface area contributed by atoms with Gasteiger partial charge in [0.2, 0.25) is 0 Å². The molecular weight excluding hydrogens is 132 g/mol. The van der Waals surface area contributed by atoms with Crippen molar-refractivity contribution in [1.29, 1.82) is 0 Å². The van der Waals surface area contributed by atoms with Crippen LogP contribution in [0.1, 0.15) is 40.5 Å². The first-order valence-electron chi connectivity index (χ1n) is 5.14. The third kappa shape index (κ3) is 0.666. The highest BCUT2D eigenvalue weighted by atomic mass is 14.8. The zero-order valence-corrected chi connectivity index (χ0v) is 8.22. The second kappa shape index (κ2) is 2.02. The summed E-state index contributed by atoms with van der Waals surface area (Å²) >= 11 is 0. The zero-order valence-electron chi connectivity index (χ0n) is 8.22. The van der Waals surface area contributed by atoms with E-state index in [1.165, 1.54) is 6.42 Å². The molecule has 0 aromatic carbocycles. The molecule has 0 aliphatic heterocycles. The summed E-state index contributed by atoms with van der Waals surface area (Å²) < 4.78 is 0. The summed E-state index contributed by atoms with van der Waals surface area (Å²) in [5.74, 6) is 4.17. The van der Waals surface area contributed by atoms with Gasteiger partial charge in [-0.25, -0.2) is 0 Å². The van der Waals surface area contributed by atoms with E-state index in [2.05, 4.69) is 27.7 Å². The lowest BCUT2D eigenvalue weighted by atomic mass is 9.60. The lowest BCUT2D eigenvalue weighted by molar-refractivity contribution is 0.0314. The average molecular weight is 152 g/mol. The Morgan fingerprint density at radius 1 is 1.45 bits per heavy atom. The van der Waals surface area contributed by atoms with Gasteiger partial charge < -0.3 is 0 Å². The Morgan fingerprint density at radius 3 is 2.36 bits per heavy atom. The van der Waals surface area contributed by atoms with Crippen molar-refractivity contribution in [2.75, 3.05) is 0 Å². The summed E-state index contributed by atoms with van der Waals surface area (Å²) in [6.07, 6.45) is 2.96. The molecule has 4 atom stereocenters. The highest BCUT2D eigenvalue weighted by Gasteiger charge is 2.71. The Hall–Kier alpha value is 0. The molecule has 64 valence electrons. The molecule has 2 aliphatic rings. The predicted octanol–water partition coefficient (Wildman–Crippen LogP) is 3.32. The molecule has 0 spiro atoms. The van der Waals surface area contributed by atoms with E-state index in [0.717, 1.165) is 29.1 Å². The van der Waals surface area contributed by atoms with Gasteiger partial charge in [0.05, 0.1) is 0 Å². The quantitative estimate of drug-likeness (QED) is 0.569. The first-order valence-corrected chi connectivity index (χ1v) is 5.14. The number of hydrogen-bond donors (Lipinski definition) is 0. The Labute approximate surface area is 70.4 Å². The molecule has 2 aliphatic carbocycles. The van der Waals surface area contributed by atoms with Crippen LogP contribution in [0.25, 0.3) is 0 Å². The highest BCUT2D eigenvalue weighted by Crippen LogP contribution is 2.77. The molecule has 2 fully saturated rings. The smallest absolute Gasteiger partial charge is 0.0212 e. The lowest BCUT2D eigenvalue weighted by Gasteiger charge is -2.45. The first kappa shape index (κ1) is 7.64. The molecule has 0 nitrogen and oxygen atoms in total. The fourth-order valence-corrected chi connectivity index (χ4v) is 3.85. The number of fused-ring (bicyclic) bond motifs is 1. The molecule has 0 heteroatoms. The van der Waals surface area contributed by atoms with Crippen LogP contribution >= 0.6 is 0 Å². The zero-order chi connectivity index (χ0) is 8.22. The van der Waals surface area contributed by atoms with Crippen molar-refractivity contribution in [2.24, 2.45) is 29.1 Å². The molecule has 2 saturated carbocycles. The van der Waals surface area contributed by atoms with E-state index in [9.17, 15) is 0 Å². The number of hydrogen-bond acceptors (Lipinski definition) is 0. The van der Waals surface area contributed by atoms with Gasteiger partial charge in [0.15, 0.2) is 0 Å². The van der Waals surface area contributed by atoms with Gasteiger partial charge in [0, 0.05) is 0 Å². The maximum atomic E-state index is 2.47. The minimum Gasteiger partial charge on any atom is -0.0651 e. The van der Waals surface area contributed by atoms with Gasteiger partial charge in [-0.05, 0) is 35.5 Å². The third-order valence-electron chi connectivity index (χ3n) is 4.66. The maximum absolute atomic E-state index is 2.47. The molecule has 0 bridgehead atoms. The van der Waals surface area contributed by atoms with Crippen LogP contribution in [0.5, 0.6) is 0 Å². The van der Waals surface area contributed by atoms with E-state index in [1.807, 2.05) is 0 Å². The van der Waals surface area contributed by atoms with Crippen molar-refractivity contribution >= 4 is 0 Å². The molecule has 0 aromatic heterocycles. The van der Waals surface area contributed by atoms with Crippen LogP contribution in [-0.4, -0.2) is 0 Å². The van der Waals surface area contributed by atoms with E-state index in [-0.39, 0.29) is 0 Å². The summed E-state index contributed by atoms with van der Waals surface area (Å²) in [5.41, 5.74) is 0.820. The summed E-state index contributed by atoms with van der Waals surface area (Å²) in [5, 5.41) is 0. The van der Waals surface area contributed by atoms with E-state index in [0.29, 0.717) is 0 Å². The molecule has 0 heterocycles. The van der Waals surface area contributed by atoms with Crippen molar-refractivity contribution in [3.8, 4) is 0 Å². The van der Waals surface area contributed by atoms with Crippen molar-refractivity contribution in [3.05, 3.63) is 0 Å². The van der Waals surface area contributed by atoms with Crippen LogP contribution in [-0.2, 0) is 0 Å². The Bertz CT molecular complexity index is 171. The monoisotopic (exact) mass is 152 g/mol. The average Bonchev–Trinajstić information content (AvgIpc) is 2.60. The molecular formula is C11H20. The van der Waals surface area contributed by atoms with Crippen LogP contribution in [0.3, 0.4) is 0 Å². The first-order chi connectivity index (χ1) is 5.14. The molecule has 4 unspecified atom stereocenters. The summed E-state index contributed by atoms with van der Waals surface area (Å²) in [4.78, 5) is 0. The van der Waals surface area contributed by atoms with Crippen molar-refractivity contribution < 1.29 is 0 Å². The Morgan fingerprint density at radius 2 is 2.09 bits per heavy atom. The fourth-order valence-electron chi connectivity index (χ4n) is 3.85. The third-order valence-corrected chi connectivity index (χ3v) is 4.66. The molecule has 0 aromatic rings. The Kier molecular flexibility index (Phi) is 1.41. The van der Waals surface area contributed by atoms with Crippen LogP contribution in [0, 0.1) is 29.1 Å². The molecule has 2 rings (SSSR count). The largest absolute Gasteiger partial charge is 0.0651 e. The van der Waals surface area contributed by atoms with Gasteiger partial charge >= 0.3 is 0 Å². The molecule has 11 heavy (non-hydrogen) atoms. The summed E-state index contributed by atoms with van der Waals surface area (Å²) in [7, 11) is 0. The van der Waals surface area contributed by atoms with Crippen LogP contribution in [0.15, 0.2) is 0 Å². The maximum Gasteiger partial charge on any atom is -0.0212 e. The van der Waals surface area contributed by atoms with Crippen LogP contribution < -0.4 is 0 Å². The molecule has 0 N–H and O–H groups in total. The predicted molar refractivity (Wildman–Crippen MR) is 48.3 cm³/mol. The minimum absolute atomic E-state index is 0.820. The Balaban J connectivity index is 2.06. The summed E-state index contributed by atoms with van der Waals surface area (Å²) in [6, 6.07) is 0. The van der Waals surface area contributed by atoms with Gasteiger partial charge in [-0.2, -0.15) is 0 Å². The van der Waals surface area contributed by atoms with Crippen LogP contribution in [0.2, 0.25) is 0 Å². The SMILES string of the molecule is CCC1C(C)C2(C(C)C)CC12. The fraction of sp³-hybridized carbons (Fsp3) is 1.00. The molecule has 0 saturated heterocycles. The van der Waals surface area contributed by atoms with E-state index in [4.69, 9.17) is 0 Å². The van der Waals surface area contributed by atoms with E-state index >= 15 is 0 Å².